The molecule has 3 aromatic carbocycles. The van der Waals surface area contributed by atoms with Crippen molar-refractivity contribution in [3.63, 3.8) is 0 Å². The minimum absolute atomic E-state index is 0.103. The molecule has 0 aromatic heterocycles. The minimum atomic E-state index is -3.65. The van der Waals surface area contributed by atoms with E-state index in [1.807, 2.05) is 48.5 Å². The molecule has 0 spiro atoms. The molecular weight excluding hydrogens is 525 g/mol. The predicted molar refractivity (Wildman–Crippen MR) is 139 cm³/mol. The van der Waals surface area contributed by atoms with Crippen LogP contribution in [0.3, 0.4) is 0 Å². The Morgan fingerprint density at radius 3 is 1.86 bits per heavy atom. The quantitative estimate of drug-likeness (QED) is 0.366. The molecule has 5 rings (SSSR count). The number of nitrogens with zero attached hydrogens (tertiary/aromatic N) is 1. The van der Waals surface area contributed by atoms with Crippen LogP contribution in [0.15, 0.2) is 66.7 Å². The summed E-state index contributed by atoms with van der Waals surface area (Å²) in [6.07, 6.45) is 2.02. The van der Waals surface area contributed by atoms with Crippen molar-refractivity contribution >= 4 is 33.0 Å². The first-order chi connectivity index (χ1) is 17.1. The highest BCUT2D eigenvalue weighted by atomic mass is 35.5. The van der Waals surface area contributed by atoms with Crippen molar-refractivity contribution in [2.45, 2.75) is 36.2 Å². The van der Waals surface area contributed by atoms with E-state index in [0.717, 1.165) is 42.2 Å². The summed E-state index contributed by atoms with van der Waals surface area (Å²) in [5, 5.41) is 4.84. The van der Waals surface area contributed by atoms with Crippen molar-refractivity contribution in [3.05, 3.63) is 105 Å². The number of hydrogen-bond donors (Lipinski definition) is 1. The molecule has 2 fully saturated rings. The maximum Gasteiger partial charge on any atom is 0.156 e. The number of likely N-dealkylation sites (tertiary alicyclic amines) is 1. The van der Waals surface area contributed by atoms with Gasteiger partial charge in [-0.2, -0.15) is 0 Å². The molecular formula is C27H26Cl2F2N2O2S. The monoisotopic (exact) mass is 550 g/mol. The Balaban J connectivity index is 1.39. The highest BCUT2D eigenvalue weighted by Gasteiger charge is 2.50. The third-order valence-corrected chi connectivity index (χ3v) is 8.91. The summed E-state index contributed by atoms with van der Waals surface area (Å²) < 4.78 is 53.7. The van der Waals surface area contributed by atoms with Crippen LogP contribution in [0.5, 0.6) is 0 Å². The smallest absolute Gasteiger partial charge is 0.156 e. The molecule has 3 aromatic rings. The first-order valence-electron chi connectivity index (χ1n) is 11.8. The molecule has 190 valence electrons. The number of hydrogen-bond acceptors (Lipinski definition) is 4. The van der Waals surface area contributed by atoms with Gasteiger partial charge in [-0.05, 0) is 65.9 Å². The summed E-state index contributed by atoms with van der Waals surface area (Å²) in [5.41, 5.74) is 1.56. The molecule has 1 saturated carbocycles. The first kappa shape index (κ1) is 25.6. The zero-order valence-corrected chi connectivity index (χ0v) is 21.8. The standard InChI is InChI=1S/C27H26Cl2F2N2O2S/c28-21-5-1-19(2-6-21)26(20-3-7-22(29)8-4-20)33-15-27(16-33,32-25-9-10-25)17-36(34,35)14-18-11-23(30)13-24(31)12-18/h1-8,11-13,25-26,32H,9-10,14-17H2. The molecule has 4 nitrogen and oxygen atoms in total. The second-order valence-electron chi connectivity index (χ2n) is 9.92. The van der Waals surface area contributed by atoms with E-state index in [1.54, 1.807) is 0 Å². The molecule has 1 N–H and O–H groups in total. The number of benzene rings is 3. The average molecular weight is 551 g/mol. The van der Waals surface area contributed by atoms with Gasteiger partial charge in [-0.15, -0.1) is 0 Å². The average Bonchev–Trinajstić information content (AvgIpc) is 3.57. The van der Waals surface area contributed by atoms with E-state index in [1.165, 1.54) is 0 Å². The molecule has 0 amide bonds. The fourth-order valence-corrected chi connectivity index (χ4v) is 7.26. The summed E-state index contributed by atoms with van der Waals surface area (Å²) >= 11 is 12.2. The van der Waals surface area contributed by atoms with Crippen LogP contribution in [-0.2, 0) is 15.6 Å². The van der Waals surface area contributed by atoms with Crippen molar-refractivity contribution in [1.82, 2.24) is 10.2 Å². The molecule has 0 unspecified atom stereocenters. The predicted octanol–water partition coefficient (Wildman–Crippen LogP) is 5.78. The van der Waals surface area contributed by atoms with E-state index in [0.29, 0.717) is 29.2 Å². The first-order valence-corrected chi connectivity index (χ1v) is 14.4. The van der Waals surface area contributed by atoms with Gasteiger partial charge in [0.25, 0.3) is 0 Å². The summed E-state index contributed by atoms with van der Waals surface area (Å²) in [6.45, 7) is 1.02. The topological polar surface area (TPSA) is 49.4 Å². The summed E-state index contributed by atoms with van der Waals surface area (Å²) in [6, 6.07) is 18.4. The highest BCUT2D eigenvalue weighted by molar-refractivity contribution is 7.90. The van der Waals surface area contributed by atoms with Crippen LogP contribution < -0.4 is 5.32 Å². The van der Waals surface area contributed by atoms with Gasteiger partial charge in [-0.3, -0.25) is 4.90 Å². The molecule has 0 atom stereocenters. The van der Waals surface area contributed by atoms with Gasteiger partial charge in [0.1, 0.15) is 11.6 Å². The van der Waals surface area contributed by atoms with Crippen LogP contribution in [-0.4, -0.2) is 43.7 Å². The van der Waals surface area contributed by atoms with Crippen molar-refractivity contribution < 1.29 is 17.2 Å². The molecule has 1 aliphatic carbocycles. The van der Waals surface area contributed by atoms with Gasteiger partial charge in [-0.1, -0.05) is 47.5 Å². The Hall–Kier alpha value is -2.03. The normalized spacial score (nSPS) is 17.8. The molecule has 9 heteroatoms. The van der Waals surface area contributed by atoms with Crippen LogP contribution in [0, 0.1) is 11.6 Å². The lowest BCUT2D eigenvalue weighted by molar-refractivity contribution is 0.0295. The van der Waals surface area contributed by atoms with Gasteiger partial charge in [0.05, 0.1) is 23.1 Å². The lowest BCUT2D eigenvalue weighted by Crippen LogP contribution is -2.72. The van der Waals surface area contributed by atoms with Crippen LogP contribution in [0.2, 0.25) is 10.0 Å². The maximum atomic E-state index is 13.6. The SMILES string of the molecule is O=S(=O)(Cc1cc(F)cc(F)c1)CC1(NC2CC2)CN(C(c2ccc(Cl)cc2)c2ccc(Cl)cc2)C1. The minimum Gasteiger partial charge on any atom is -0.305 e. The Kier molecular flexibility index (Phi) is 7.13. The van der Waals surface area contributed by atoms with E-state index in [2.05, 4.69) is 10.2 Å². The molecule has 0 bridgehead atoms. The number of nitrogens with one attached hydrogen (secondary N) is 1. The molecule has 1 aliphatic heterocycles. The van der Waals surface area contributed by atoms with Crippen molar-refractivity contribution in [2.24, 2.45) is 0 Å². The summed E-state index contributed by atoms with van der Waals surface area (Å²) in [4.78, 5) is 2.24. The number of sulfone groups is 1. The molecule has 0 radical (unpaired) electrons. The Labute approximate surface area is 220 Å². The molecule has 36 heavy (non-hydrogen) atoms. The van der Waals surface area contributed by atoms with Crippen molar-refractivity contribution in [3.8, 4) is 0 Å². The fraction of sp³-hybridized carbons (Fsp3) is 0.333. The van der Waals surface area contributed by atoms with E-state index in [9.17, 15) is 17.2 Å². The van der Waals surface area contributed by atoms with E-state index >= 15 is 0 Å². The van der Waals surface area contributed by atoms with E-state index < -0.39 is 32.8 Å². The van der Waals surface area contributed by atoms with Gasteiger partial charge in [-0.25, -0.2) is 17.2 Å². The van der Waals surface area contributed by atoms with Crippen molar-refractivity contribution in [1.29, 1.82) is 0 Å². The summed E-state index contributed by atoms with van der Waals surface area (Å²) in [7, 11) is -3.65. The lowest BCUT2D eigenvalue weighted by Gasteiger charge is -2.54. The Morgan fingerprint density at radius 1 is 0.889 bits per heavy atom. The van der Waals surface area contributed by atoms with Gasteiger partial charge in [0.2, 0.25) is 0 Å². The zero-order chi connectivity index (χ0) is 25.5. The third-order valence-electron chi connectivity index (χ3n) is 6.64. The molecule has 2 aliphatic rings. The Morgan fingerprint density at radius 2 is 1.39 bits per heavy atom. The van der Waals surface area contributed by atoms with Gasteiger partial charge < -0.3 is 5.32 Å². The fourth-order valence-electron chi connectivity index (χ4n) is 5.12. The van der Waals surface area contributed by atoms with Gasteiger partial charge >= 0.3 is 0 Å². The van der Waals surface area contributed by atoms with Crippen LogP contribution in [0.1, 0.15) is 35.6 Å². The van der Waals surface area contributed by atoms with Crippen molar-refractivity contribution in [2.75, 3.05) is 18.8 Å². The Bertz CT molecular complexity index is 1280. The lowest BCUT2D eigenvalue weighted by atomic mass is 9.85. The third kappa shape index (κ3) is 6.09. The maximum absolute atomic E-state index is 13.6. The summed E-state index contributed by atoms with van der Waals surface area (Å²) in [5.74, 6) is -2.09. The van der Waals surface area contributed by atoms with Crippen LogP contribution in [0.25, 0.3) is 0 Å². The number of halogens is 4. The second-order valence-corrected chi connectivity index (χ2v) is 12.9. The van der Waals surface area contributed by atoms with Crippen LogP contribution in [0.4, 0.5) is 8.78 Å². The van der Waals surface area contributed by atoms with E-state index in [4.69, 9.17) is 23.2 Å². The highest BCUT2D eigenvalue weighted by Crippen LogP contribution is 2.39. The van der Waals surface area contributed by atoms with E-state index in [-0.39, 0.29) is 17.4 Å². The molecule has 1 heterocycles. The second kappa shape index (κ2) is 10.0. The van der Waals surface area contributed by atoms with Gasteiger partial charge in [0.15, 0.2) is 9.84 Å². The largest absolute Gasteiger partial charge is 0.305 e. The number of rotatable bonds is 9. The van der Waals surface area contributed by atoms with Gasteiger partial charge in [0, 0.05) is 35.2 Å². The molecule has 1 saturated heterocycles. The zero-order valence-electron chi connectivity index (χ0n) is 19.4. The van der Waals surface area contributed by atoms with Crippen LogP contribution >= 0.6 is 23.2 Å².